The lowest BCUT2D eigenvalue weighted by molar-refractivity contribution is 0.629. The summed E-state index contributed by atoms with van der Waals surface area (Å²) in [6, 6.07) is 4.24. The molecule has 1 heterocycles. The van der Waals surface area contributed by atoms with E-state index in [0.29, 0.717) is 15.8 Å². The minimum Gasteiger partial charge on any atom is -0.242 e. The van der Waals surface area contributed by atoms with Crippen LogP contribution in [0.25, 0.3) is 10.8 Å². The van der Waals surface area contributed by atoms with E-state index in [-0.39, 0.29) is 11.0 Å². The van der Waals surface area contributed by atoms with Gasteiger partial charge in [0.15, 0.2) is 0 Å². The molecule has 2 rings (SSSR count). The summed E-state index contributed by atoms with van der Waals surface area (Å²) in [6.07, 6.45) is 1.45. The Balaban J connectivity index is 2.92. The zero-order valence-corrected chi connectivity index (χ0v) is 7.90. The summed E-state index contributed by atoms with van der Waals surface area (Å²) >= 11 is 11.6. The SMILES string of the molecule is Fc1ccc2c(Cl)cnc(Cl)c2c1. The second-order valence-corrected chi connectivity index (χ2v) is 3.35. The number of benzene rings is 1. The summed E-state index contributed by atoms with van der Waals surface area (Å²) in [4.78, 5) is 3.81. The fourth-order valence-electron chi connectivity index (χ4n) is 1.15. The van der Waals surface area contributed by atoms with Crippen LogP contribution in [-0.4, -0.2) is 4.98 Å². The molecule has 66 valence electrons. The topological polar surface area (TPSA) is 12.9 Å². The number of pyridine rings is 1. The smallest absolute Gasteiger partial charge is 0.137 e. The first-order chi connectivity index (χ1) is 6.18. The summed E-state index contributed by atoms with van der Waals surface area (Å²) in [5, 5.41) is 1.98. The van der Waals surface area contributed by atoms with Gasteiger partial charge >= 0.3 is 0 Å². The predicted molar refractivity (Wildman–Crippen MR) is 51.7 cm³/mol. The van der Waals surface area contributed by atoms with Crippen LogP contribution in [0.1, 0.15) is 0 Å². The van der Waals surface area contributed by atoms with Gasteiger partial charge in [0.2, 0.25) is 0 Å². The number of nitrogens with zero attached hydrogens (tertiary/aromatic N) is 1. The zero-order valence-electron chi connectivity index (χ0n) is 6.39. The van der Waals surface area contributed by atoms with Gasteiger partial charge in [-0.25, -0.2) is 9.37 Å². The van der Waals surface area contributed by atoms with E-state index in [4.69, 9.17) is 23.2 Å². The Hall–Kier alpha value is -0.860. The Morgan fingerprint density at radius 2 is 1.92 bits per heavy atom. The molecule has 1 nitrogen and oxygen atoms in total. The third-order valence-electron chi connectivity index (χ3n) is 1.75. The highest BCUT2D eigenvalue weighted by Crippen LogP contribution is 2.27. The molecule has 1 aromatic heterocycles. The molecular weight excluding hydrogens is 212 g/mol. The van der Waals surface area contributed by atoms with Crippen LogP contribution in [0.4, 0.5) is 4.39 Å². The second-order valence-electron chi connectivity index (χ2n) is 2.59. The maximum absolute atomic E-state index is 12.8. The van der Waals surface area contributed by atoms with E-state index in [1.54, 1.807) is 6.07 Å². The van der Waals surface area contributed by atoms with Crippen molar-refractivity contribution in [2.24, 2.45) is 0 Å². The van der Waals surface area contributed by atoms with Crippen LogP contribution in [0, 0.1) is 5.82 Å². The highest BCUT2D eigenvalue weighted by molar-refractivity contribution is 6.39. The van der Waals surface area contributed by atoms with Crippen molar-refractivity contribution >= 4 is 34.0 Å². The number of rotatable bonds is 0. The van der Waals surface area contributed by atoms with Gasteiger partial charge in [0, 0.05) is 17.0 Å². The predicted octanol–water partition coefficient (Wildman–Crippen LogP) is 3.68. The summed E-state index contributed by atoms with van der Waals surface area (Å²) in [7, 11) is 0. The minimum atomic E-state index is -0.349. The molecule has 0 spiro atoms. The molecule has 0 aliphatic heterocycles. The first kappa shape index (κ1) is 8.73. The Morgan fingerprint density at radius 3 is 2.69 bits per heavy atom. The molecule has 0 saturated carbocycles. The molecule has 2 aromatic rings. The summed E-state index contributed by atoms with van der Waals surface area (Å²) in [5.41, 5.74) is 0. The van der Waals surface area contributed by atoms with E-state index in [0.717, 1.165) is 0 Å². The summed E-state index contributed by atoms with van der Waals surface area (Å²) < 4.78 is 12.8. The van der Waals surface area contributed by atoms with E-state index in [2.05, 4.69) is 4.98 Å². The van der Waals surface area contributed by atoms with Gasteiger partial charge in [-0.15, -0.1) is 0 Å². The number of fused-ring (bicyclic) bond motifs is 1. The summed E-state index contributed by atoms with van der Waals surface area (Å²) in [6.45, 7) is 0. The second kappa shape index (κ2) is 3.13. The minimum absolute atomic E-state index is 0.263. The van der Waals surface area contributed by atoms with E-state index >= 15 is 0 Å². The van der Waals surface area contributed by atoms with Crippen LogP contribution in [0.5, 0.6) is 0 Å². The number of hydrogen-bond donors (Lipinski definition) is 0. The van der Waals surface area contributed by atoms with Crippen molar-refractivity contribution in [1.29, 1.82) is 0 Å². The standard InChI is InChI=1S/C9H4Cl2FN/c10-8-4-13-9(11)7-3-5(12)1-2-6(7)8/h1-4H. The van der Waals surface area contributed by atoms with Crippen LogP contribution in [0.15, 0.2) is 24.4 Å². The van der Waals surface area contributed by atoms with Gasteiger partial charge in [0.1, 0.15) is 11.0 Å². The molecule has 0 amide bonds. The van der Waals surface area contributed by atoms with Crippen LogP contribution < -0.4 is 0 Å². The van der Waals surface area contributed by atoms with Crippen LogP contribution in [0.3, 0.4) is 0 Å². The largest absolute Gasteiger partial charge is 0.242 e. The number of hydrogen-bond acceptors (Lipinski definition) is 1. The zero-order chi connectivity index (χ0) is 9.42. The summed E-state index contributed by atoms with van der Waals surface area (Å²) in [5.74, 6) is -0.349. The van der Waals surface area contributed by atoms with Gasteiger partial charge in [-0.05, 0) is 18.2 Å². The molecule has 0 aliphatic carbocycles. The fraction of sp³-hybridized carbons (Fsp3) is 0. The average molecular weight is 216 g/mol. The first-order valence-corrected chi connectivity index (χ1v) is 4.33. The van der Waals surface area contributed by atoms with E-state index in [1.807, 2.05) is 0 Å². The van der Waals surface area contributed by atoms with Gasteiger partial charge in [-0.3, -0.25) is 0 Å². The molecule has 4 heteroatoms. The lowest BCUT2D eigenvalue weighted by atomic mass is 10.2. The molecule has 0 radical (unpaired) electrons. The monoisotopic (exact) mass is 215 g/mol. The van der Waals surface area contributed by atoms with Crippen molar-refractivity contribution in [3.8, 4) is 0 Å². The highest BCUT2D eigenvalue weighted by Gasteiger charge is 2.04. The van der Waals surface area contributed by atoms with Crippen molar-refractivity contribution in [3.05, 3.63) is 40.4 Å². The first-order valence-electron chi connectivity index (χ1n) is 3.58. The van der Waals surface area contributed by atoms with Gasteiger partial charge in [-0.2, -0.15) is 0 Å². The lowest BCUT2D eigenvalue weighted by Crippen LogP contribution is -1.82. The van der Waals surface area contributed by atoms with Crippen LogP contribution >= 0.6 is 23.2 Å². The molecule has 1 aromatic carbocycles. The van der Waals surface area contributed by atoms with Crippen molar-refractivity contribution in [2.45, 2.75) is 0 Å². The molecule has 0 aliphatic rings. The molecule has 13 heavy (non-hydrogen) atoms. The molecule has 0 fully saturated rings. The van der Waals surface area contributed by atoms with Crippen molar-refractivity contribution < 1.29 is 4.39 Å². The number of halogens is 3. The third kappa shape index (κ3) is 1.47. The molecule has 0 atom stereocenters. The molecule has 0 N–H and O–H groups in total. The maximum atomic E-state index is 12.8. The molecule has 0 bridgehead atoms. The molecule has 0 unspecified atom stereocenters. The van der Waals surface area contributed by atoms with Crippen molar-refractivity contribution in [2.75, 3.05) is 0 Å². The normalized spacial score (nSPS) is 10.7. The molecular formula is C9H4Cl2FN. The quantitative estimate of drug-likeness (QED) is 0.612. The maximum Gasteiger partial charge on any atom is 0.137 e. The van der Waals surface area contributed by atoms with Crippen molar-refractivity contribution in [3.63, 3.8) is 0 Å². The van der Waals surface area contributed by atoms with Crippen LogP contribution in [-0.2, 0) is 0 Å². The Kier molecular flexibility index (Phi) is 2.10. The van der Waals surface area contributed by atoms with Gasteiger partial charge in [0.05, 0.1) is 5.02 Å². The van der Waals surface area contributed by atoms with Gasteiger partial charge in [-0.1, -0.05) is 23.2 Å². The van der Waals surface area contributed by atoms with Crippen LogP contribution in [0.2, 0.25) is 10.2 Å². The Morgan fingerprint density at radius 1 is 1.15 bits per heavy atom. The van der Waals surface area contributed by atoms with E-state index in [9.17, 15) is 4.39 Å². The third-order valence-corrected chi connectivity index (χ3v) is 2.35. The Bertz CT molecular complexity index is 470. The van der Waals surface area contributed by atoms with Gasteiger partial charge < -0.3 is 0 Å². The molecule has 0 saturated heterocycles. The van der Waals surface area contributed by atoms with E-state index < -0.39 is 0 Å². The van der Waals surface area contributed by atoms with E-state index in [1.165, 1.54) is 18.3 Å². The number of aromatic nitrogens is 1. The van der Waals surface area contributed by atoms with Crippen molar-refractivity contribution in [1.82, 2.24) is 4.98 Å². The highest BCUT2D eigenvalue weighted by atomic mass is 35.5. The Labute approximate surface area is 84.1 Å². The fourth-order valence-corrected chi connectivity index (χ4v) is 1.57. The average Bonchev–Trinajstić information content (AvgIpc) is 2.12. The van der Waals surface area contributed by atoms with Gasteiger partial charge in [0.25, 0.3) is 0 Å². The lowest BCUT2D eigenvalue weighted by Gasteiger charge is -2.01.